The summed E-state index contributed by atoms with van der Waals surface area (Å²) in [4.78, 5) is 24.3. The monoisotopic (exact) mass is 423 g/mol. The van der Waals surface area contributed by atoms with Gasteiger partial charge in [0.1, 0.15) is 11.6 Å². The minimum Gasteiger partial charge on any atom is -0.379 e. The number of primary amides is 1. The molecule has 0 aromatic rings. The Kier molecular flexibility index (Phi) is 6.51. The molecule has 1 spiro atoms. The number of methoxy groups -OCH3 is 1. The lowest BCUT2D eigenvalue weighted by Crippen LogP contribution is -2.61. The van der Waals surface area contributed by atoms with Crippen LogP contribution in [-0.2, 0) is 19.0 Å². The van der Waals surface area contributed by atoms with E-state index in [1.165, 1.54) is 5.57 Å². The third-order valence-electron chi connectivity index (χ3n) is 6.87. The first-order valence-corrected chi connectivity index (χ1v) is 10.9. The highest BCUT2D eigenvalue weighted by Crippen LogP contribution is 2.59. The average molecular weight is 424 g/mol. The summed E-state index contributed by atoms with van der Waals surface area (Å²) in [6.07, 6.45) is 4.48. The number of epoxide rings is 2. The average Bonchev–Trinajstić information content (AvgIpc) is 3.56. The molecule has 8 heteroatoms. The van der Waals surface area contributed by atoms with Gasteiger partial charge in [0.2, 0.25) is 5.91 Å². The molecule has 8 nitrogen and oxygen atoms in total. The molecular formula is C22H37N3O5. The number of hydrogen-bond donors (Lipinski definition) is 3. The number of urea groups is 1. The van der Waals surface area contributed by atoms with E-state index >= 15 is 0 Å². The minimum absolute atomic E-state index is 0.0154. The number of allylic oxidation sites excluding steroid dienone is 1. The van der Waals surface area contributed by atoms with Crippen molar-refractivity contribution >= 4 is 11.9 Å². The number of rotatable bonds is 8. The number of amides is 3. The summed E-state index contributed by atoms with van der Waals surface area (Å²) < 4.78 is 18.1. The predicted molar refractivity (Wildman–Crippen MR) is 113 cm³/mol. The van der Waals surface area contributed by atoms with Crippen molar-refractivity contribution in [3.63, 3.8) is 0 Å². The molecular weight excluding hydrogens is 386 g/mol. The fourth-order valence-electron chi connectivity index (χ4n) is 5.06. The molecule has 3 amide bonds. The van der Waals surface area contributed by atoms with Crippen molar-refractivity contribution < 1.29 is 23.8 Å². The van der Waals surface area contributed by atoms with Crippen LogP contribution in [0.15, 0.2) is 11.6 Å². The quantitative estimate of drug-likeness (QED) is 0.407. The van der Waals surface area contributed by atoms with Gasteiger partial charge >= 0.3 is 6.03 Å². The van der Waals surface area contributed by atoms with E-state index in [1.54, 1.807) is 7.11 Å². The molecule has 1 saturated carbocycles. The molecule has 0 radical (unpaired) electrons. The van der Waals surface area contributed by atoms with Gasteiger partial charge in [0.05, 0.1) is 30.5 Å². The fraction of sp³-hybridized carbons (Fsp3) is 0.818. The van der Waals surface area contributed by atoms with E-state index in [2.05, 4.69) is 37.5 Å². The van der Waals surface area contributed by atoms with Crippen LogP contribution in [0.2, 0.25) is 0 Å². The smallest absolute Gasteiger partial charge is 0.315 e. The number of nitrogens with two attached hydrogens (primary N) is 1. The molecule has 0 aromatic heterocycles. The molecule has 2 aliphatic heterocycles. The van der Waals surface area contributed by atoms with Gasteiger partial charge in [-0.1, -0.05) is 25.5 Å². The Bertz CT molecular complexity index is 701. The molecule has 3 aliphatic rings. The van der Waals surface area contributed by atoms with Gasteiger partial charge in [-0.15, -0.1) is 0 Å². The highest BCUT2D eigenvalue weighted by atomic mass is 16.6. The Morgan fingerprint density at radius 1 is 1.33 bits per heavy atom. The maximum Gasteiger partial charge on any atom is 0.315 e. The molecule has 170 valence electrons. The van der Waals surface area contributed by atoms with Crippen LogP contribution in [0.1, 0.15) is 53.9 Å². The Balaban J connectivity index is 1.71. The SMILES string of the molecule is CO[C@@H]1[C@H](NC(=O)N[C@@H](C(N)=O)C(C)C)CC[C@]2(CO2)[C@H]1[C@]1(C)O[C@H]1CC=C(C)C. The van der Waals surface area contributed by atoms with Gasteiger partial charge in [0.25, 0.3) is 0 Å². The molecule has 4 N–H and O–H groups in total. The highest BCUT2D eigenvalue weighted by molar-refractivity contribution is 5.86. The van der Waals surface area contributed by atoms with E-state index in [9.17, 15) is 9.59 Å². The minimum atomic E-state index is -0.721. The topological polar surface area (TPSA) is 119 Å². The van der Waals surface area contributed by atoms with Gasteiger partial charge in [-0.25, -0.2) is 4.79 Å². The lowest BCUT2D eigenvalue weighted by molar-refractivity contribution is -0.120. The molecule has 1 aliphatic carbocycles. The van der Waals surface area contributed by atoms with Gasteiger partial charge in [0, 0.05) is 13.0 Å². The zero-order valence-electron chi connectivity index (χ0n) is 19.0. The van der Waals surface area contributed by atoms with Crippen molar-refractivity contribution in [2.24, 2.45) is 17.6 Å². The number of carbonyl (C=O) groups is 2. The summed E-state index contributed by atoms with van der Waals surface area (Å²) >= 11 is 0. The van der Waals surface area contributed by atoms with E-state index in [0.29, 0.717) is 6.61 Å². The van der Waals surface area contributed by atoms with E-state index in [4.69, 9.17) is 19.9 Å². The third kappa shape index (κ3) is 4.50. The summed E-state index contributed by atoms with van der Waals surface area (Å²) in [5, 5.41) is 5.72. The Labute approximate surface area is 179 Å². The van der Waals surface area contributed by atoms with Gasteiger partial charge < -0.3 is 30.6 Å². The number of nitrogens with one attached hydrogen (secondary N) is 2. The van der Waals surface area contributed by atoms with Crippen LogP contribution in [-0.4, -0.2) is 61.1 Å². The molecule has 0 bridgehead atoms. The normalized spacial score (nSPS) is 38.1. The van der Waals surface area contributed by atoms with E-state index in [1.807, 2.05) is 13.8 Å². The van der Waals surface area contributed by atoms with E-state index in [0.717, 1.165) is 19.3 Å². The second-order valence-corrected chi connectivity index (χ2v) is 9.73. The third-order valence-corrected chi connectivity index (χ3v) is 6.87. The second-order valence-electron chi connectivity index (χ2n) is 9.73. The summed E-state index contributed by atoms with van der Waals surface area (Å²) in [6, 6.07) is -1.34. The first-order chi connectivity index (χ1) is 14.0. The van der Waals surface area contributed by atoms with Crippen LogP contribution >= 0.6 is 0 Å². The van der Waals surface area contributed by atoms with Crippen LogP contribution in [0, 0.1) is 11.8 Å². The van der Waals surface area contributed by atoms with Crippen molar-refractivity contribution in [1.29, 1.82) is 0 Å². The van der Waals surface area contributed by atoms with E-state index < -0.39 is 18.0 Å². The summed E-state index contributed by atoms with van der Waals surface area (Å²) in [7, 11) is 1.67. The molecule has 2 saturated heterocycles. The van der Waals surface area contributed by atoms with Crippen molar-refractivity contribution in [3.05, 3.63) is 11.6 Å². The van der Waals surface area contributed by atoms with Crippen LogP contribution in [0.3, 0.4) is 0 Å². The number of hydrogen-bond acceptors (Lipinski definition) is 5. The molecule has 0 unspecified atom stereocenters. The molecule has 0 aromatic carbocycles. The first-order valence-electron chi connectivity index (χ1n) is 10.9. The van der Waals surface area contributed by atoms with Crippen LogP contribution in [0.4, 0.5) is 4.79 Å². The highest BCUT2D eigenvalue weighted by Gasteiger charge is 2.71. The van der Waals surface area contributed by atoms with E-state index in [-0.39, 0.29) is 41.3 Å². The molecule has 2 heterocycles. The number of ether oxygens (including phenoxy) is 3. The summed E-state index contributed by atoms with van der Waals surface area (Å²) in [5.41, 5.74) is 6.10. The van der Waals surface area contributed by atoms with Gasteiger partial charge in [-0.2, -0.15) is 0 Å². The Morgan fingerprint density at radius 3 is 2.50 bits per heavy atom. The summed E-state index contributed by atoms with van der Waals surface area (Å²) in [5.74, 6) is -0.624. The van der Waals surface area contributed by atoms with Gasteiger partial charge in [-0.05, 0) is 46.0 Å². The first kappa shape index (κ1) is 23.0. The van der Waals surface area contributed by atoms with Gasteiger partial charge in [0.15, 0.2) is 0 Å². The Hall–Kier alpha value is -1.64. The van der Waals surface area contributed by atoms with Crippen LogP contribution < -0.4 is 16.4 Å². The molecule has 30 heavy (non-hydrogen) atoms. The molecule has 3 fully saturated rings. The number of carbonyl (C=O) groups excluding carboxylic acids is 2. The van der Waals surface area contributed by atoms with Gasteiger partial charge in [-0.3, -0.25) is 4.79 Å². The van der Waals surface area contributed by atoms with Crippen LogP contribution in [0.25, 0.3) is 0 Å². The van der Waals surface area contributed by atoms with Crippen molar-refractivity contribution in [3.8, 4) is 0 Å². The predicted octanol–water partition coefficient (Wildman–Crippen LogP) is 1.87. The standard InChI is InChI=1S/C22H37N3O5/c1-12(2)7-8-15-21(5,30-15)18-17(28-6)14(9-10-22(18)11-29-22)24-20(27)25-16(13(3)4)19(23)26/h7,13-18H,8-11H2,1-6H3,(H2,23,26)(H2,24,25,27)/t14-,15+,16-,17-,18-,21-,22+/m1/s1. The summed E-state index contributed by atoms with van der Waals surface area (Å²) in [6.45, 7) is 10.7. The maximum absolute atomic E-state index is 12.6. The zero-order valence-corrected chi connectivity index (χ0v) is 19.0. The van der Waals surface area contributed by atoms with Crippen molar-refractivity contribution in [2.75, 3.05) is 13.7 Å². The molecule has 7 atom stereocenters. The van der Waals surface area contributed by atoms with Crippen molar-refractivity contribution in [2.45, 2.75) is 89.4 Å². The largest absolute Gasteiger partial charge is 0.379 e. The zero-order chi connectivity index (χ0) is 22.3. The lowest BCUT2D eigenvalue weighted by atomic mass is 9.67. The molecule has 3 rings (SSSR count). The maximum atomic E-state index is 12.6. The van der Waals surface area contributed by atoms with Crippen molar-refractivity contribution in [1.82, 2.24) is 10.6 Å². The second kappa shape index (κ2) is 8.48. The fourth-order valence-corrected chi connectivity index (χ4v) is 5.06. The lowest BCUT2D eigenvalue weighted by Gasteiger charge is -2.43. The van der Waals surface area contributed by atoms with Crippen LogP contribution in [0.5, 0.6) is 0 Å². The Morgan fingerprint density at radius 2 is 2.00 bits per heavy atom.